The minimum Gasteiger partial charge on any atom is -0.327 e. The van der Waals surface area contributed by atoms with E-state index in [-0.39, 0.29) is 0 Å². The zero-order valence-electron chi connectivity index (χ0n) is 12.6. The van der Waals surface area contributed by atoms with Gasteiger partial charge in [-0.25, -0.2) is 0 Å². The normalized spacial score (nSPS) is 26.6. The molecule has 0 aliphatic heterocycles. The quantitative estimate of drug-likeness (QED) is 0.900. The molecule has 2 unspecified atom stereocenters. The summed E-state index contributed by atoms with van der Waals surface area (Å²) in [5, 5.41) is 0. The van der Waals surface area contributed by atoms with Crippen molar-refractivity contribution in [3.63, 3.8) is 0 Å². The molecule has 0 amide bonds. The fraction of sp³-hybridized carbons (Fsp3) is 0.647. The molecule has 0 saturated heterocycles. The molecule has 2 nitrogen and oxygen atoms in total. The van der Waals surface area contributed by atoms with Crippen molar-refractivity contribution in [1.82, 2.24) is 4.90 Å². The van der Waals surface area contributed by atoms with Crippen LogP contribution in [0.3, 0.4) is 0 Å². The van der Waals surface area contributed by atoms with Crippen LogP contribution in [0, 0.1) is 11.3 Å². The molecule has 1 fully saturated rings. The van der Waals surface area contributed by atoms with Crippen LogP contribution < -0.4 is 5.73 Å². The zero-order chi connectivity index (χ0) is 13.9. The monoisotopic (exact) mass is 260 g/mol. The van der Waals surface area contributed by atoms with E-state index in [1.54, 1.807) is 0 Å². The smallest absolute Gasteiger partial charge is 0.0230 e. The molecule has 2 atom stereocenters. The van der Waals surface area contributed by atoms with Gasteiger partial charge in [0.05, 0.1) is 0 Å². The van der Waals surface area contributed by atoms with E-state index in [0.717, 1.165) is 13.1 Å². The second-order valence-corrected chi connectivity index (χ2v) is 6.85. The molecular formula is C17H28N2. The molecule has 2 rings (SSSR count). The van der Waals surface area contributed by atoms with Crippen LogP contribution in [0.4, 0.5) is 0 Å². The molecule has 19 heavy (non-hydrogen) atoms. The Balaban J connectivity index is 1.90. The lowest BCUT2D eigenvalue weighted by Crippen LogP contribution is -2.49. The largest absolute Gasteiger partial charge is 0.327 e. The summed E-state index contributed by atoms with van der Waals surface area (Å²) in [4.78, 5) is 2.42. The Labute approximate surface area is 118 Å². The van der Waals surface area contributed by atoms with Crippen molar-refractivity contribution in [2.75, 3.05) is 13.6 Å². The lowest BCUT2D eigenvalue weighted by atomic mass is 9.68. The summed E-state index contributed by atoms with van der Waals surface area (Å²) in [6, 6.07) is 11.0. The van der Waals surface area contributed by atoms with Crippen LogP contribution in [0.25, 0.3) is 0 Å². The fourth-order valence-electron chi connectivity index (χ4n) is 3.37. The summed E-state index contributed by atoms with van der Waals surface area (Å²) in [5.41, 5.74) is 8.16. The Morgan fingerprint density at radius 3 is 2.63 bits per heavy atom. The second kappa shape index (κ2) is 6.06. The number of hydrogen-bond donors (Lipinski definition) is 1. The van der Waals surface area contributed by atoms with Crippen LogP contribution >= 0.6 is 0 Å². The third-order valence-corrected chi connectivity index (χ3v) is 4.65. The minimum absolute atomic E-state index is 0.302. The Hall–Kier alpha value is -0.860. The van der Waals surface area contributed by atoms with Crippen molar-refractivity contribution < 1.29 is 0 Å². The van der Waals surface area contributed by atoms with Crippen molar-refractivity contribution in [2.45, 2.75) is 45.7 Å². The predicted octanol–water partition coefficient (Wildman–Crippen LogP) is 3.27. The molecule has 0 aromatic heterocycles. The summed E-state index contributed by atoms with van der Waals surface area (Å²) in [6.45, 7) is 6.77. The van der Waals surface area contributed by atoms with Gasteiger partial charge in [0, 0.05) is 19.1 Å². The maximum absolute atomic E-state index is 6.47. The van der Waals surface area contributed by atoms with Crippen molar-refractivity contribution >= 4 is 0 Å². The van der Waals surface area contributed by atoms with Crippen LogP contribution in [0.5, 0.6) is 0 Å². The molecule has 0 heterocycles. The van der Waals surface area contributed by atoms with Crippen LogP contribution in [0.15, 0.2) is 30.3 Å². The molecule has 1 saturated carbocycles. The molecule has 2 N–H and O–H groups in total. The first-order valence-corrected chi connectivity index (χ1v) is 7.47. The standard InChI is InChI=1S/C17H28N2/c1-17(2)11-7-10-15(16(17)18)13-19(3)12-14-8-5-4-6-9-14/h4-6,8-9,15-16H,7,10-13,18H2,1-3H3. The minimum atomic E-state index is 0.302. The number of nitrogens with zero attached hydrogens (tertiary/aromatic N) is 1. The third-order valence-electron chi connectivity index (χ3n) is 4.65. The molecule has 1 aliphatic rings. The van der Waals surface area contributed by atoms with Gasteiger partial charge in [-0.15, -0.1) is 0 Å². The van der Waals surface area contributed by atoms with E-state index < -0.39 is 0 Å². The maximum Gasteiger partial charge on any atom is 0.0230 e. The average Bonchev–Trinajstić information content (AvgIpc) is 2.36. The van der Waals surface area contributed by atoms with E-state index in [2.05, 4.69) is 56.1 Å². The topological polar surface area (TPSA) is 29.3 Å². The van der Waals surface area contributed by atoms with Gasteiger partial charge < -0.3 is 10.6 Å². The van der Waals surface area contributed by atoms with Crippen LogP contribution in [-0.2, 0) is 6.54 Å². The van der Waals surface area contributed by atoms with Gasteiger partial charge in [0.2, 0.25) is 0 Å². The number of rotatable bonds is 4. The molecule has 0 bridgehead atoms. The van der Waals surface area contributed by atoms with E-state index in [1.807, 2.05) is 0 Å². The van der Waals surface area contributed by atoms with Gasteiger partial charge in [-0.1, -0.05) is 50.6 Å². The van der Waals surface area contributed by atoms with E-state index in [0.29, 0.717) is 17.4 Å². The van der Waals surface area contributed by atoms with Crippen LogP contribution in [-0.4, -0.2) is 24.5 Å². The molecule has 1 aliphatic carbocycles. The summed E-state index contributed by atoms with van der Waals surface area (Å²) >= 11 is 0. The van der Waals surface area contributed by atoms with Crippen molar-refractivity contribution in [1.29, 1.82) is 0 Å². The van der Waals surface area contributed by atoms with E-state index in [9.17, 15) is 0 Å². The lowest BCUT2D eigenvalue weighted by Gasteiger charge is -2.43. The molecule has 106 valence electrons. The highest BCUT2D eigenvalue weighted by atomic mass is 15.1. The van der Waals surface area contributed by atoms with Gasteiger partial charge >= 0.3 is 0 Å². The van der Waals surface area contributed by atoms with Crippen molar-refractivity contribution in [2.24, 2.45) is 17.1 Å². The maximum atomic E-state index is 6.47. The molecule has 1 aromatic carbocycles. The number of benzene rings is 1. The first-order valence-electron chi connectivity index (χ1n) is 7.47. The summed E-state index contributed by atoms with van der Waals surface area (Å²) in [7, 11) is 2.21. The summed E-state index contributed by atoms with van der Waals surface area (Å²) in [5.74, 6) is 0.637. The van der Waals surface area contributed by atoms with E-state index >= 15 is 0 Å². The summed E-state index contributed by atoms with van der Waals surface area (Å²) < 4.78 is 0. The van der Waals surface area contributed by atoms with Crippen LogP contribution in [0.2, 0.25) is 0 Å². The van der Waals surface area contributed by atoms with Crippen LogP contribution in [0.1, 0.15) is 38.7 Å². The van der Waals surface area contributed by atoms with Gasteiger partial charge in [-0.05, 0) is 36.8 Å². The molecule has 0 spiro atoms. The van der Waals surface area contributed by atoms with Crippen molar-refractivity contribution in [3.8, 4) is 0 Å². The Morgan fingerprint density at radius 2 is 1.95 bits per heavy atom. The Morgan fingerprint density at radius 1 is 1.26 bits per heavy atom. The molecule has 2 heteroatoms. The van der Waals surface area contributed by atoms with Crippen molar-refractivity contribution in [3.05, 3.63) is 35.9 Å². The summed E-state index contributed by atoms with van der Waals surface area (Å²) in [6.07, 6.45) is 3.88. The highest BCUT2D eigenvalue weighted by Crippen LogP contribution is 2.37. The van der Waals surface area contributed by atoms with E-state index in [4.69, 9.17) is 5.73 Å². The highest BCUT2D eigenvalue weighted by molar-refractivity contribution is 5.14. The van der Waals surface area contributed by atoms with Gasteiger partial charge in [0.15, 0.2) is 0 Å². The number of hydrogen-bond acceptors (Lipinski definition) is 2. The molecule has 0 radical (unpaired) electrons. The Kier molecular flexibility index (Phi) is 4.64. The SMILES string of the molecule is CN(Cc1ccccc1)CC1CCCC(C)(C)C1N. The third kappa shape index (κ3) is 3.80. The second-order valence-electron chi connectivity index (χ2n) is 6.85. The first kappa shape index (κ1) is 14.5. The molecular weight excluding hydrogens is 232 g/mol. The average molecular weight is 260 g/mol. The fourth-order valence-corrected chi connectivity index (χ4v) is 3.37. The Bertz CT molecular complexity index is 386. The van der Waals surface area contributed by atoms with Gasteiger partial charge in [0.25, 0.3) is 0 Å². The van der Waals surface area contributed by atoms with Gasteiger partial charge in [-0.2, -0.15) is 0 Å². The molecule has 1 aromatic rings. The van der Waals surface area contributed by atoms with Gasteiger partial charge in [-0.3, -0.25) is 0 Å². The zero-order valence-corrected chi connectivity index (χ0v) is 12.6. The predicted molar refractivity (Wildman–Crippen MR) is 81.9 cm³/mol. The highest BCUT2D eigenvalue weighted by Gasteiger charge is 2.36. The number of nitrogens with two attached hydrogens (primary N) is 1. The first-order chi connectivity index (χ1) is 8.99. The lowest BCUT2D eigenvalue weighted by molar-refractivity contribution is 0.109. The van der Waals surface area contributed by atoms with E-state index in [1.165, 1.54) is 24.8 Å². The van der Waals surface area contributed by atoms with Gasteiger partial charge in [0.1, 0.15) is 0 Å².